The summed E-state index contributed by atoms with van der Waals surface area (Å²) in [6.45, 7) is 10.2. The Labute approximate surface area is 180 Å². The number of anilines is 2. The molecule has 4 atom stereocenters. The highest BCUT2D eigenvalue weighted by Crippen LogP contribution is 2.43. The molecule has 4 nitrogen and oxygen atoms in total. The van der Waals surface area contributed by atoms with E-state index in [0.717, 1.165) is 36.2 Å². The highest BCUT2D eigenvalue weighted by Gasteiger charge is 2.39. The van der Waals surface area contributed by atoms with Crippen LogP contribution >= 0.6 is 0 Å². The van der Waals surface area contributed by atoms with Crippen molar-refractivity contribution in [3.63, 3.8) is 0 Å². The average Bonchev–Trinajstić information content (AvgIpc) is 2.78. The number of benzene rings is 2. The number of fused-ring (bicyclic) bond motifs is 1. The van der Waals surface area contributed by atoms with Crippen LogP contribution in [-0.2, 0) is 9.59 Å². The van der Waals surface area contributed by atoms with Gasteiger partial charge in [0.25, 0.3) is 0 Å². The molecular weight excluding hydrogens is 372 g/mol. The summed E-state index contributed by atoms with van der Waals surface area (Å²) in [6.07, 6.45) is 2.33. The summed E-state index contributed by atoms with van der Waals surface area (Å²) in [4.78, 5) is 30.6. The summed E-state index contributed by atoms with van der Waals surface area (Å²) in [6, 6.07) is 17.9. The lowest BCUT2D eigenvalue weighted by Crippen LogP contribution is -2.49. The number of carbonyl (C=O) groups is 2. The summed E-state index contributed by atoms with van der Waals surface area (Å²) in [5.74, 6) is 0.212. The topological polar surface area (TPSA) is 40.6 Å². The molecule has 160 valence electrons. The predicted molar refractivity (Wildman–Crippen MR) is 124 cm³/mol. The predicted octanol–water partition coefficient (Wildman–Crippen LogP) is 5.98. The van der Waals surface area contributed by atoms with E-state index in [1.165, 1.54) is 0 Å². The van der Waals surface area contributed by atoms with Gasteiger partial charge in [-0.05, 0) is 49.9 Å². The molecule has 0 unspecified atom stereocenters. The zero-order valence-corrected chi connectivity index (χ0v) is 18.8. The highest BCUT2D eigenvalue weighted by molar-refractivity contribution is 5.99. The number of hydrogen-bond acceptors (Lipinski definition) is 2. The van der Waals surface area contributed by atoms with Gasteiger partial charge < -0.3 is 9.80 Å². The number of rotatable bonds is 6. The summed E-state index contributed by atoms with van der Waals surface area (Å²) < 4.78 is 0. The minimum Gasteiger partial charge on any atom is -0.309 e. The Morgan fingerprint density at radius 3 is 2.20 bits per heavy atom. The SMILES string of the molecule is CC[C@@H](C)C(=O)N1c2ccccc2[C@H](N(C(=O)[C@@H](C)CC)c2ccccc2)C[C@@H]1C. The van der Waals surface area contributed by atoms with Crippen molar-refractivity contribution in [3.05, 3.63) is 60.2 Å². The fraction of sp³-hybridized carbons (Fsp3) is 0.462. The van der Waals surface area contributed by atoms with Crippen LogP contribution in [0.15, 0.2) is 54.6 Å². The summed E-state index contributed by atoms with van der Waals surface area (Å²) in [5, 5.41) is 0. The molecule has 3 rings (SSSR count). The molecule has 0 saturated heterocycles. The Kier molecular flexibility index (Phi) is 6.96. The van der Waals surface area contributed by atoms with Crippen LogP contribution in [0.1, 0.15) is 65.5 Å². The van der Waals surface area contributed by atoms with Gasteiger partial charge in [0.1, 0.15) is 0 Å². The third-order valence-corrected chi connectivity index (χ3v) is 6.45. The van der Waals surface area contributed by atoms with Gasteiger partial charge in [-0.25, -0.2) is 0 Å². The minimum atomic E-state index is -0.0962. The maximum absolute atomic E-state index is 13.5. The molecule has 0 aromatic heterocycles. The molecule has 0 saturated carbocycles. The quantitative estimate of drug-likeness (QED) is 0.592. The zero-order chi connectivity index (χ0) is 21.8. The molecular formula is C26H34N2O2. The number of carbonyl (C=O) groups excluding carboxylic acids is 2. The van der Waals surface area contributed by atoms with Crippen molar-refractivity contribution in [3.8, 4) is 0 Å². The molecule has 4 heteroatoms. The van der Waals surface area contributed by atoms with Gasteiger partial charge in [0, 0.05) is 29.3 Å². The molecule has 0 bridgehead atoms. The lowest BCUT2D eigenvalue weighted by atomic mass is 9.88. The van der Waals surface area contributed by atoms with E-state index in [2.05, 4.69) is 19.9 Å². The largest absolute Gasteiger partial charge is 0.309 e. The fourth-order valence-electron chi connectivity index (χ4n) is 4.24. The average molecular weight is 407 g/mol. The standard InChI is InChI=1S/C26H34N2O2/c1-6-18(3)25(29)27-20(5)17-24(22-15-11-12-16-23(22)27)28(26(30)19(4)7-2)21-13-9-8-10-14-21/h8-16,18-20,24H,6-7,17H2,1-5H3/t18-,19+,20+,24-/m1/s1. The van der Waals surface area contributed by atoms with Crippen molar-refractivity contribution in [2.24, 2.45) is 11.8 Å². The van der Waals surface area contributed by atoms with Gasteiger partial charge in [0.15, 0.2) is 0 Å². The van der Waals surface area contributed by atoms with Gasteiger partial charge in [0.05, 0.1) is 6.04 Å². The van der Waals surface area contributed by atoms with E-state index in [-0.39, 0.29) is 35.7 Å². The molecule has 0 N–H and O–H groups in total. The molecule has 0 aliphatic carbocycles. The van der Waals surface area contributed by atoms with Crippen LogP contribution in [0.2, 0.25) is 0 Å². The Morgan fingerprint density at radius 1 is 0.967 bits per heavy atom. The van der Waals surface area contributed by atoms with Gasteiger partial charge in [-0.3, -0.25) is 9.59 Å². The van der Waals surface area contributed by atoms with E-state index in [0.29, 0.717) is 0 Å². The molecule has 30 heavy (non-hydrogen) atoms. The summed E-state index contributed by atoms with van der Waals surface area (Å²) >= 11 is 0. The Morgan fingerprint density at radius 2 is 1.57 bits per heavy atom. The Hall–Kier alpha value is -2.62. The van der Waals surface area contributed by atoms with Crippen LogP contribution in [0.3, 0.4) is 0 Å². The molecule has 1 heterocycles. The van der Waals surface area contributed by atoms with Gasteiger partial charge in [-0.1, -0.05) is 64.1 Å². The van der Waals surface area contributed by atoms with Crippen molar-refractivity contribution >= 4 is 23.2 Å². The van der Waals surface area contributed by atoms with Crippen molar-refractivity contribution in [1.29, 1.82) is 0 Å². The van der Waals surface area contributed by atoms with Gasteiger partial charge in [-0.2, -0.15) is 0 Å². The smallest absolute Gasteiger partial charge is 0.230 e. The monoisotopic (exact) mass is 406 g/mol. The van der Waals surface area contributed by atoms with E-state index in [4.69, 9.17) is 0 Å². The second-order valence-electron chi connectivity index (χ2n) is 8.53. The second kappa shape index (κ2) is 9.46. The summed E-state index contributed by atoms with van der Waals surface area (Å²) in [7, 11) is 0. The normalized spacial score (nSPS) is 20.2. The van der Waals surface area contributed by atoms with E-state index < -0.39 is 0 Å². The van der Waals surface area contributed by atoms with E-state index in [1.807, 2.05) is 79.1 Å². The molecule has 2 aromatic rings. The Balaban J connectivity index is 2.11. The lowest BCUT2D eigenvalue weighted by molar-refractivity contribution is -0.122. The van der Waals surface area contributed by atoms with Crippen LogP contribution < -0.4 is 9.80 Å². The van der Waals surface area contributed by atoms with Crippen molar-refractivity contribution in [2.75, 3.05) is 9.80 Å². The van der Waals surface area contributed by atoms with Gasteiger partial charge >= 0.3 is 0 Å². The van der Waals surface area contributed by atoms with Crippen LogP contribution in [0.4, 0.5) is 11.4 Å². The van der Waals surface area contributed by atoms with Crippen molar-refractivity contribution in [2.45, 2.75) is 66.0 Å². The second-order valence-corrected chi connectivity index (χ2v) is 8.53. The number of para-hydroxylation sites is 2. The van der Waals surface area contributed by atoms with E-state index in [9.17, 15) is 9.59 Å². The van der Waals surface area contributed by atoms with Crippen LogP contribution in [0, 0.1) is 11.8 Å². The molecule has 2 aromatic carbocycles. The molecule has 0 radical (unpaired) electrons. The van der Waals surface area contributed by atoms with Gasteiger partial charge in [-0.15, -0.1) is 0 Å². The number of nitrogens with zero attached hydrogens (tertiary/aromatic N) is 2. The molecule has 1 aliphatic rings. The third kappa shape index (κ3) is 4.14. The third-order valence-electron chi connectivity index (χ3n) is 6.45. The van der Waals surface area contributed by atoms with Crippen LogP contribution in [0.5, 0.6) is 0 Å². The minimum absolute atomic E-state index is 0.0161. The molecule has 0 spiro atoms. The first-order chi connectivity index (χ1) is 14.4. The zero-order valence-electron chi connectivity index (χ0n) is 18.8. The first kappa shape index (κ1) is 22.1. The van der Waals surface area contributed by atoms with Crippen LogP contribution in [0.25, 0.3) is 0 Å². The first-order valence-electron chi connectivity index (χ1n) is 11.2. The van der Waals surface area contributed by atoms with E-state index in [1.54, 1.807) is 0 Å². The van der Waals surface area contributed by atoms with Crippen molar-refractivity contribution in [1.82, 2.24) is 0 Å². The molecule has 0 fully saturated rings. The number of amides is 2. The maximum Gasteiger partial charge on any atom is 0.230 e. The maximum atomic E-state index is 13.5. The first-order valence-corrected chi connectivity index (χ1v) is 11.2. The molecule has 2 amide bonds. The Bertz CT molecular complexity index is 880. The molecule has 1 aliphatic heterocycles. The lowest BCUT2D eigenvalue weighted by Gasteiger charge is -2.44. The number of hydrogen-bond donors (Lipinski definition) is 0. The fourth-order valence-corrected chi connectivity index (χ4v) is 4.24. The van der Waals surface area contributed by atoms with Crippen molar-refractivity contribution < 1.29 is 9.59 Å². The highest BCUT2D eigenvalue weighted by atomic mass is 16.2. The van der Waals surface area contributed by atoms with E-state index >= 15 is 0 Å². The van der Waals surface area contributed by atoms with Crippen LogP contribution in [-0.4, -0.2) is 17.9 Å². The summed E-state index contributed by atoms with van der Waals surface area (Å²) in [5.41, 5.74) is 2.90. The van der Waals surface area contributed by atoms with Gasteiger partial charge in [0.2, 0.25) is 11.8 Å².